The molecule has 1 fully saturated rings. The first-order chi connectivity index (χ1) is 8.13. The van der Waals surface area contributed by atoms with Crippen molar-refractivity contribution in [3.05, 3.63) is 34.3 Å². The molecule has 17 heavy (non-hydrogen) atoms. The standard InChI is InChI=1S/C13H15Br2NO/c14-8-13(5-6-13)9-16-12(17)7-10-1-3-11(15)4-2-10/h1-4H,5-9H2,(H,16,17). The Morgan fingerprint density at radius 2 is 1.94 bits per heavy atom. The van der Waals surface area contributed by atoms with Gasteiger partial charge in [-0.05, 0) is 36.0 Å². The average Bonchev–Trinajstić information content (AvgIpc) is 3.10. The van der Waals surface area contributed by atoms with E-state index in [1.54, 1.807) is 0 Å². The molecule has 1 aliphatic carbocycles. The van der Waals surface area contributed by atoms with Gasteiger partial charge >= 0.3 is 0 Å². The van der Waals surface area contributed by atoms with Gasteiger partial charge in [-0.25, -0.2) is 0 Å². The van der Waals surface area contributed by atoms with Gasteiger partial charge in [-0.2, -0.15) is 0 Å². The molecule has 0 spiro atoms. The third kappa shape index (κ3) is 3.81. The van der Waals surface area contributed by atoms with Gasteiger partial charge in [0.05, 0.1) is 6.42 Å². The molecule has 1 aliphatic rings. The van der Waals surface area contributed by atoms with Crippen LogP contribution >= 0.6 is 31.9 Å². The summed E-state index contributed by atoms with van der Waals surface area (Å²) in [6.45, 7) is 0.799. The molecule has 2 rings (SSSR count). The number of halogens is 2. The molecule has 1 amide bonds. The van der Waals surface area contributed by atoms with E-state index in [2.05, 4.69) is 37.2 Å². The summed E-state index contributed by atoms with van der Waals surface area (Å²) in [5.74, 6) is 0.111. The highest BCUT2D eigenvalue weighted by molar-refractivity contribution is 9.10. The van der Waals surface area contributed by atoms with E-state index in [0.29, 0.717) is 11.8 Å². The summed E-state index contributed by atoms with van der Waals surface area (Å²) in [6.07, 6.45) is 2.90. The van der Waals surface area contributed by atoms with Crippen LogP contribution in [-0.2, 0) is 11.2 Å². The Morgan fingerprint density at radius 3 is 2.47 bits per heavy atom. The molecule has 1 saturated carbocycles. The largest absolute Gasteiger partial charge is 0.355 e. The molecule has 1 aromatic rings. The number of benzene rings is 1. The summed E-state index contributed by atoms with van der Waals surface area (Å²) in [5.41, 5.74) is 1.39. The highest BCUT2D eigenvalue weighted by Gasteiger charge is 2.41. The second-order valence-corrected chi connectivity index (χ2v) is 6.19. The Kier molecular flexibility index (Phi) is 4.26. The van der Waals surface area contributed by atoms with Gasteiger partial charge in [0.2, 0.25) is 5.91 Å². The van der Waals surface area contributed by atoms with E-state index < -0.39 is 0 Å². The van der Waals surface area contributed by atoms with Crippen LogP contribution in [0.15, 0.2) is 28.7 Å². The number of nitrogens with one attached hydrogen (secondary N) is 1. The number of carbonyl (C=O) groups is 1. The lowest BCUT2D eigenvalue weighted by Gasteiger charge is -2.12. The molecule has 92 valence electrons. The van der Waals surface area contributed by atoms with Crippen LogP contribution in [0.3, 0.4) is 0 Å². The maximum absolute atomic E-state index is 11.7. The third-order valence-corrected chi connectivity index (χ3v) is 4.90. The Hall–Kier alpha value is -0.350. The first kappa shape index (κ1) is 13.1. The number of amides is 1. The number of carbonyl (C=O) groups excluding carboxylic acids is 1. The van der Waals surface area contributed by atoms with E-state index >= 15 is 0 Å². The molecular weight excluding hydrogens is 346 g/mol. The fraction of sp³-hybridized carbons (Fsp3) is 0.462. The fourth-order valence-corrected chi connectivity index (χ4v) is 2.69. The number of hydrogen-bond acceptors (Lipinski definition) is 1. The van der Waals surface area contributed by atoms with Crippen LogP contribution in [0, 0.1) is 5.41 Å². The van der Waals surface area contributed by atoms with Crippen molar-refractivity contribution in [3.63, 3.8) is 0 Å². The zero-order valence-corrected chi connectivity index (χ0v) is 12.7. The van der Waals surface area contributed by atoms with E-state index in [9.17, 15) is 4.79 Å². The minimum absolute atomic E-state index is 0.111. The summed E-state index contributed by atoms with van der Waals surface area (Å²) >= 11 is 6.88. The quantitative estimate of drug-likeness (QED) is 0.802. The number of rotatable bonds is 5. The van der Waals surface area contributed by atoms with Crippen LogP contribution in [-0.4, -0.2) is 17.8 Å². The lowest BCUT2D eigenvalue weighted by atomic mass is 10.1. The lowest BCUT2D eigenvalue weighted by Crippen LogP contribution is -2.32. The van der Waals surface area contributed by atoms with E-state index in [1.807, 2.05) is 24.3 Å². The van der Waals surface area contributed by atoms with Crippen molar-refractivity contribution in [2.75, 3.05) is 11.9 Å². The monoisotopic (exact) mass is 359 g/mol. The molecule has 0 aliphatic heterocycles. The van der Waals surface area contributed by atoms with E-state index in [1.165, 1.54) is 12.8 Å². The van der Waals surface area contributed by atoms with Gasteiger partial charge < -0.3 is 5.32 Å². The Balaban J connectivity index is 1.79. The zero-order valence-electron chi connectivity index (χ0n) is 9.51. The maximum atomic E-state index is 11.7. The van der Waals surface area contributed by atoms with Gasteiger partial charge in [-0.3, -0.25) is 4.79 Å². The van der Waals surface area contributed by atoms with Crippen molar-refractivity contribution in [3.8, 4) is 0 Å². The summed E-state index contributed by atoms with van der Waals surface area (Å²) in [6, 6.07) is 7.87. The second-order valence-electron chi connectivity index (χ2n) is 4.71. The van der Waals surface area contributed by atoms with Gasteiger partial charge in [0.1, 0.15) is 0 Å². The van der Waals surface area contributed by atoms with Gasteiger partial charge in [0.25, 0.3) is 0 Å². The predicted molar refractivity (Wildman–Crippen MR) is 76.3 cm³/mol. The Bertz CT molecular complexity index is 398. The normalized spacial score (nSPS) is 16.6. The summed E-state index contributed by atoms with van der Waals surface area (Å²) < 4.78 is 1.04. The second kappa shape index (κ2) is 5.53. The predicted octanol–water partition coefficient (Wildman–Crippen LogP) is 3.28. The molecule has 4 heteroatoms. The first-order valence-corrected chi connectivity index (χ1v) is 7.62. The minimum Gasteiger partial charge on any atom is -0.355 e. The van der Waals surface area contributed by atoms with Crippen molar-refractivity contribution < 1.29 is 4.79 Å². The molecule has 0 unspecified atom stereocenters. The van der Waals surface area contributed by atoms with Gasteiger partial charge in [-0.1, -0.05) is 44.0 Å². The van der Waals surface area contributed by atoms with E-state index in [4.69, 9.17) is 0 Å². The van der Waals surface area contributed by atoms with Crippen molar-refractivity contribution in [1.29, 1.82) is 0 Å². The van der Waals surface area contributed by atoms with Gasteiger partial charge in [0.15, 0.2) is 0 Å². The minimum atomic E-state index is 0.111. The van der Waals surface area contributed by atoms with Crippen LogP contribution < -0.4 is 5.32 Å². The first-order valence-electron chi connectivity index (χ1n) is 5.71. The van der Waals surface area contributed by atoms with Gasteiger partial charge in [-0.15, -0.1) is 0 Å². The van der Waals surface area contributed by atoms with E-state index in [0.717, 1.165) is 21.9 Å². The molecular formula is C13H15Br2NO. The van der Waals surface area contributed by atoms with Crippen molar-refractivity contribution in [1.82, 2.24) is 5.32 Å². The van der Waals surface area contributed by atoms with Crippen LogP contribution in [0.5, 0.6) is 0 Å². The maximum Gasteiger partial charge on any atom is 0.224 e. The third-order valence-electron chi connectivity index (χ3n) is 3.18. The summed E-state index contributed by atoms with van der Waals surface area (Å²) in [5, 5.41) is 4.00. The average molecular weight is 361 g/mol. The highest BCUT2D eigenvalue weighted by atomic mass is 79.9. The molecule has 0 heterocycles. The smallest absolute Gasteiger partial charge is 0.224 e. The molecule has 2 nitrogen and oxygen atoms in total. The lowest BCUT2D eigenvalue weighted by molar-refractivity contribution is -0.120. The SMILES string of the molecule is O=C(Cc1ccc(Br)cc1)NCC1(CBr)CC1. The number of hydrogen-bond donors (Lipinski definition) is 1. The topological polar surface area (TPSA) is 29.1 Å². The Labute approximate surface area is 118 Å². The van der Waals surface area contributed by atoms with Crippen molar-refractivity contribution in [2.24, 2.45) is 5.41 Å². The Morgan fingerprint density at radius 1 is 1.29 bits per heavy atom. The molecule has 0 radical (unpaired) electrons. The molecule has 0 bridgehead atoms. The highest BCUT2D eigenvalue weighted by Crippen LogP contribution is 2.46. The van der Waals surface area contributed by atoms with Gasteiger partial charge in [0, 0.05) is 16.3 Å². The molecule has 1 N–H and O–H groups in total. The molecule has 0 aromatic heterocycles. The number of alkyl halides is 1. The van der Waals surface area contributed by atoms with Crippen LogP contribution in [0.1, 0.15) is 18.4 Å². The molecule has 0 saturated heterocycles. The van der Waals surface area contributed by atoms with Crippen LogP contribution in [0.25, 0.3) is 0 Å². The van der Waals surface area contributed by atoms with Crippen LogP contribution in [0.4, 0.5) is 0 Å². The molecule has 1 aromatic carbocycles. The zero-order chi connectivity index (χ0) is 12.3. The van der Waals surface area contributed by atoms with Crippen LogP contribution in [0.2, 0.25) is 0 Å². The summed E-state index contributed by atoms with van der Waals surface area (Å²) in [7, 11) is 0. The van der Waals surface area contributed by atoms with Crippen molar-refractivity contribution >= 4 is 37.8 Å². The fourth-order valence-electron chi connectivity index (χ4n) is 1.67. The summed E-state index contributed by atoms with van der Waals surface area (Å²) in [4.78, 5) is 11.7. The molecule has 0 atom stereocenters. The van der Waals surface area contributed by atoms with E-state index in [-0.39, 0.29) is 5.91 Å². The van der Waals surface area contributed by atoms with Crippen molar-refractivity contribution in [2.45, 2.75) is 19.3 Å².